The van der Waals surface area contributed by atoms with Crippen LogP contribution in [0.5, 0.6) is 0 Å². The topological polar surface area (TPSA) is 50.9 Å². The summed E-state index contributed by atoms with van der Waals surface area (Å²) in [7, 11) is 0. The zero-order valence-corrected chi connectivity index (χ0v) is 10.7. The van der Waals surface area contributed by atoms with Gasteiger partial charge in [0.05, 0.1) is 6.04 Å². The molecule has 1 aromatic carbocycles. The highest BCUT2D eigenvalue weighted by atomic mass is 19.2. The summed E-state index contributed by atoms with van der Waals surface area (Å²) in [5.41, 5.74) is 5.04. The molecule has 0 fully saturated rings. The predicted molar refractivity (Wildman–Crippen MR) is 69.2 cm³/mol. The number of nitrogens with zero attached hydrogens (tertiary/aromatic N) is 1. The molecule has 19 heavy (non-hydrogen) atoms. The number of aryl methyl sites for hydroxylation is 2. The van der Waals surface area contributed by atoms with E-state index in [9.17, 15) is 8.78 Å². The summed E-state index contributed by atoms with van der Waals surface area (Å²) in [6.45, 7) is 3.68. The van der Waals surface area contributed by atoms with Gasteiger partial charge in [-0.25, -0.2) is 14.2 Å². The summed E-state index contributed by atoms with van der Waals surface area (Å²) in [6.07, 6.45) is 0. The first-order valence-corrected chi connectivity index (χ1v) is 5.88. The van der Waals surface area contributed by atoms with E-state index in [4.69, 9.17) is 5.84 Å². The monoisotopic (exact) mass is 263 g/mol. The Bertz CT molecular complexity index is 579. The number of nitrogens with one attached hydrogen (secondary N) is 1. The molecule has 1 aromatic heterocycles. The third-order valence-electron chi connectivity index (χ3n) is 2.90. The Morgan fingerprint density at radius 2 is 1.79 bits per heavy atom. The van der Waals surface area contributed by atoms with Gasteiger partial charge in [0.2, 0.25) is 0 Å². The first-order chi connectivity index (χ1) is 9.02. The molecule has 0 saturated carbocycles. The van der Waals surface area contributed by atoms with E-state index < -0.39 is 17.7 Å². The molecule has 1 unspecified atom stereocenters. The van der Waals surface area contributed by atoms with Crippen molar-refractivity contribution in [2.24, 2.45) is 5.84 Å². The average molecular weight is 263 g/mol. The fourth-order valence-electron chi connectivity index (χ4n) is 2.14. The predicted octanol–water partition coefficient (Wildman–Crippen LogP) is 2.53. The lowest BCUT2D eigenvalue weighted by Gasteiger charge is -2.18. The van der Waals surface area contributed by atoms with Crippen LogP contribution in [0.4, 0.5) is 8.78 Å². The highest BCUT2D eigenvalue weighted by Gasteiger charge is 2.19. The van der Waals surface area contributed by atoms with Crippen LogP contribution in [0.2, 0.25) is 0 Å². The fourth-order valence-corrected chi connectivity index (χ4v) is 2.14. The molecule has 1 atom stereocenters. The minimum Gasteiger partial charge on any atom is -0.271 e. The van der Waals surface area contributed by atoms with Crippen molar-refractivity contribution in [1.82, 2.24) is 10.4 Å². The maximum atomic E-state index is 13.8. The van der Waals surface area contributed by atoms with Crippen LogP contribution in [0.25, 0.3) is 0 Å². The highest BCUT2D eigenvalue weighted by molar-refractivity contribution is 5.34. The SMILES string of the molecule is Cc1cc(C(NN)c2cccc(F)c2F)cc(C)n1. The second kappa shape index (κ2) is 5.42. The lowest BCUT2D eigenvalue weighted by Crippen LogP contribution is -2.30. The maximum absolute atomic E-state index is 13.8. The van der Waals surface area contributed by atoms with Crippen LogP contribution in [-0.2, 0) is 0 Å². The van der Waals surface area contributed by atoms with Gasteiger partial charge in [0.15, 0.2) is 11.6 Å². The van der Waals surface area contributed by atoms with Crippen LogP contribution in [0, 0.1) is 25.5 Å². The normalized spacial score (nSPS) is 12.5. The van der Waals surface area contributed by atoms with Crippen LogP contribution < -0.4 is 11.3 Å². The largest absolute Gasteiger partial charge is 0.271 e. The smallest absolute Gasteiger partial charge is 0.163 e. The zero-order valence-electron chi connectivity index (χ0n) is 10.7. The van der Waals surface area contributed by atoms with Gasteiger partial charge in [-0.3, -0.25) is 10.8 Å². The summed E-state index contributed by atoms with van der Waals surface area (Å²) in [6, 6.07) is 7.02. The minimum atomic E-state index is -0.891. The molecular weight excluding hydrogens is 248 g/mol. The summed E-state index contributed by atoms with van der Waals surface area (Å²) in [4.78, 5) is 4.25. The molecule has 5 heteroatoms. The van der Waals surface area contributed by atoms with Gasteiger partial charge < -0.3 is 0 Å². The van der Waals surface area contributed by atoms with E-state index in [0.717, 1.165) is 23.0 Å². The lowest BCUT2D eigenvalue weighted by atomic mass is 9.98. The Kier molecular flexibility index (Phi) is 3.87. The number of nitrogens with two attached hydrogens (primary N) is 1. The van der Waals surface area contributed by atoms with Gasteiger partial charge in [-0.2, -0.15) is 0 Å². The van der Waals surface area contributed by atoms with Crippen LogP contribution in [0.1, 0.15) is 28.6 Å². The van der Waals surface area contributed by atoms with Crippen molar-refractivity contribution in [2.45, 2.75) is 19.9 Å². The van der Waals surface area contributed by atoms with Gasteiger partial charge in [0.1, 0.15) is 0 Å². The molecule has 0 radical (unpaired) electrons. The van der Waals surface area contributed by atoms with E-state index in [1.54, 1.807) is 12.1 Å². The van der Waals surface area contributed by atoms with Crippen molar-refractivity contribution in [3.63, 3.8) is 0 Å². The molecule has 3 nitrogen and oxygen atoms in total. The van der Waals surface area contributed by atoms with Crippen molar-refractivity contribution in [1.29, 1.82) is 0 Å². The molecular formula is C14H15F2N3. The summed E-state index contributed by atoms with van der Waals surface area (Å²) in [5, 5.41) is 0. The number of hydrogen-bond acceptors (Lipinski definition) is 3. The zero-order chi connectivity index (χ0) is 14.0. The molecule has 0 aliphatic rings. The molecule has 0 saturated heterocycles. The molecule has 0 aliphatic heterocycles. The number of halogens is 2. The van der Waals surface area contributed by atoms with Gasteiger partial charge >= 0.3 is 0 Å². The van der Waals surface area contributed by atoms with Crippen LogP contribution in [0.15, 0.2) is 30.3 Å². The summed E-state index contributed by atoms with van der Waals surface area (Å²) >= 11 is 0. The Labute approximate surface area is 110 Å². The fraction of sp³-hybridized carbons (Fsp3) is 0.214. The standard InChI is InChI=1S/C14H15F2N3/c1-8-6-10(7-9(2)18-8)14(19-17)11-4-3-5-12(15)13(11)16/h3-7,14,19H,17H2,1-2H3. The van der Waals surface area contributed by atoms with E-state index >= 15 is 0 Å². The molecule has 0 amide bonds. The van der Waals surface area contributed by atoms with Gasteiger partial charge in [0, 0.05) is 17.0 Å². The molecule has 0 spiro atoms. The molecule has 3 N–H and O–H groups in total. The number of hydrogen-bond donors (Lipinski definition) is 2. The highest BCUT2D eigenvalue weighted by Crippen LogP contribution is 2.25. The third-order valence-corrected chi connectivity index (χ3v) is 2.90. The third kappa shape index (κ3) is 2.77. The molecule has 100 valence electrons. The van der Waals surface area contributed by atoms with Crippen molar-refractivity contribution in [3.05, 3.63) is 64.5 Å². The van der Waals surface area contributed by atoms with Crippen LogP contribution in [-0.4, -0.2) is 4.98 Å². The first kappa shape index (κ1) is 13.6. The Morgan fingerprint density at radius 3 is 2.37 bits per heavy atom. The van der Waals surface area contributed by atoms with Gasteiger partial charge in [0.25, 0.3) is 0 Å². The number of pyridine rings is 1. The van der Waals surface area contributed by atoms with Gasteiger partial charge in [-0.15, -0.1) is 0 Å². The van der Waals surface area contributed by atoms with Crippen molar-refractivity contribution in [2.75, 3.05) is 0 Å². The van der Waals surface area contributed by atoms with Crippen molar-refractivity contribution < 1.29 is 8.78 Å². The Hall–Kier alpha value is -1.85. The van der Waals surface area contributed by atoms with E-state index in [-0.39, 0.29) is 5.56 Å². The second-order valence-corrected chi connectivity index (χ2v) is 4.43. The van der Waals surface area contributed by atoms with Crippen LogP contribution >= 0.6 is 0 Å². The Morgan fingerprint density at radius 1 is 1.16 bits per heavy atom. The number of aromatic nitrogens is 1. The Balaban J connectivity index is 2.53. The first-order valence-electron chi connectivity index (χ1n) is 5.88. The van der Waals surface area contributed by atoms with Crippen LogP contribution in [0.3, 0.4) is 0 Å². The molecule has 2 rings (SSSR count). The number of benzene rings is 1. The molecule has 0 aliphatic carbocycles. The summed E-state index contributed by atoms with van der Waals surface area (Å²) < 4.78 is 27.1. The van der Waals surface area contributed by atoms with E-state index in [1.807, 2.05) is 13.8 Å². The lowest BCUT2D eigenvalue weighted by molar-refractivity contribution is 0.483. The minimum absolute atomic E-state index is 0.174. The molecule has 2 aromatic rings. The van der Waals surface area contributed by atoms with Crippen molar-refractivity contribution in [3.8, 4) is 0 Å². The number of rotatable bonds is 3. The second-order valence-electron chi connectivity index (χ2n) is 4.43. The molecule has 1 heterocycles. The van der Waals surface area contributed by atoms with E-state index in [1.165, 1.54) is 12.1 Å². The quantitative estimate of drug-likeness (QED) is 0.661. The maximum Gasteiger partial charge on any atom is 0.163 e. The van der Waals surface area contributed by atoms with Gasteiger partial charge in [-0.05, 0) is 37.6 Å². The van der Waals surface area contributed by atoms with E-state index in [0.29, 0.717) is 0 Å². The summed E-state index contributed by atoms with van der Waals surface area (Å²) in [5.74, 6) is 3.72. The molecule has 0 bridgehead atoms. The average Bonchev–Trinajstić information content (AvgIpc) is 2.34. The number of hydrazine groups is 1. The van der Waals surface area contributed by atoms with Gasteiger partial charge in [-0.1, -0.05) is 12.1 Å². The van der Waals surface area contributed by atoms with E-state index in [2.05, 4.69) is 10.4 Å². The van der Waals surface area contributed by atoms with Crippen molar-refractivity contribution >= 4 is 0 Å².